The quantitative estimate of drug-likeness (QED) is 0.0695. The van der Waals surface area contributed by atoms with Gasteiger partial charge in [0.25, 0.3) is 0 Å². The number of nitrogens with zero attached hydrogens (tertiary/aromatic N) is 3. The van der Waals surface area contributed by atoms with Gasteiger partial charge in [-0.2, -0.15) is 0 Å². The molecule has 8 bridgehead atoms. The lowest BCUT2D eigenvalue weighted by molar-refractivity contribution is -0.124. The minimum atomic E-state index is -4.86. The van der Waals surface area contributed by atoms with Gasteiger partial charge in [-0.1, -0.05) is 34.6 Å². The maximum absolute atomic E-state index is 13.7. The minimum absolute atomic E-state index is 0.0127. The molecule has 1 unspecified atom stereocenters. The van der Waals surface area contributed by atoms with Crippen molar-refractivity contribution in [2.24, 2.45) is 94.7 Å². The Bertz CT molecular complexity index is 2510. The number of rotatable bonds is 22. The summed E-state index contributed by atoms with van der Waals surface area (Å²) in [4.78, 5) is 127. The van der Waals surface area contributed by atoms with E-state index in [2.05, 4.69) is 10.6 Å². The number of allylic oxidation sites excluding steroid dienone is 6. The van der Waals surface area contributed by atoms with Gasteiger partial charge in [0.05, 0.1) is 17.7 Å². The molecule has 0 saturated carbocycles. The first-order valence-corrected chi connectivity index (χ1v) is 25.5. The molecule has 5 aliphatic heterocycles. The highest BCUT2D eigenvalue weighted by Crippen LogP contribution is 2.62. The Morgan fingerprint density at radius 2 is 1.31 bits per heavy atom. The van der Waals surface area contributed by atoms with Crippen molar-refractivity contribution < 1.29 is 52.4 Å². The molecule has 16 N–H and O–H groups in total. The van der Waals surface area contributed by atoms with Gasteiger partial charge in [-0.05, 0) is 70.6 Å². The van der Waals surface area contributed by atoms with Crippen LogP contribution in [0.3, 0.4) is 0 Å². The van der Waals surface area contributed by atoms with Crippen LogP contribution in [-0.2, 0) is 42.7 Å². The molecule has 23 heteroatoms. The molecule has 5 aliphatic rings. The highest BCUT2D eigenvalue weighted by atomic mass is 31.2. The van der Waals surface area contributed by atoms with E-state index in [4.69, 9.17) is 53.9 Å². The molecule has 5 rings (SSSR count). The van der Waals surface area contributed by atoms with Crippen molar-refractivity contribution in [3.8, 4) is 0 Å². The SMILES string of the molecule is CC1=C2N/C(=C\C3=NC(=C(/C)C4=N[C@H]([C@H](CC(N)=O)[C@@]4(C)CCC(=O)NCC(C)OP(=O)(O)O)[C@]4(C)N=C1[C@@H](CCC(N)=O)[C@]4(C)CC(N)=O)/[C@@H](CCC(N)=O)C3(C)C)[C@@H](CCC(N)=O)[C@]2(C)CC(N)=O. The van der Waals surface area contributed by atoms with Crippen molar-refractivity contribution >= 4 is 66.3 Å². The standard InChI is InChI=1S/C48H74N11O11P/c1-23(70-71(67,68)69)22-55-38(66)16-17-45(6)29(18-35(52)63)43-48(9)47(8,21-37(54)65)28(12-15-34(51)62)40(59-48)25(3)42-46(7,20-36(53)64)26(10-13-32(49)60)30(56-42)19-31-44(4,5)27(11-14-33(50)61)39(57-31)24(2)41(45)58-43/h19,23,26-29,43,56H,10-18,20-22H2,1-9H3,(H2,49,60)(H2,50,61)(H2,51,62)(H2,52,63)(H2,53,64)(H2,54,65)(H,55,66)(H2,67,68,69)/b30-19-,39-24-,42-25?/t23?,26-,27-,28-,29+,43-,45-,46+,47+,48+/m1/s1. The van der Waals surface area contributed by atoms with Crippen molar-refractivity contribution in [2.75, 3.05) is 6.54 Å². The van der Waals surface area contributed by atoms with Gasteiger partial charge < -0.3 is 54.8 Å². The van der Waals surface area contributed by atoms with Gasteiger partial charge >= 0.3 is 7.82 Å². The van der Waals surface area contributed by atoms with Crippen LogP contribution < -0.4 is 45.0 Å². The topological polar surface area (TPSA) is 404 Å². The van der Waals surface area contributed by atoms with E-state index in [1.165, 1.54) is 6.92 Å². The number of phosphoric ester groups is 1. The van der Waals surface area contributed by atoms with Crippen LogP contribution in [0.1, 0.15) is 133 Å². The van der Waals surface area contributed by atoms with Crippen molar-refractivity contribution in [2.45, 2.75) is 151 Å². The Balaban J connectivity index is 1.94. The molecule has 10 atom stereocenters. The summed E-state index contributed by atoms with van der Waals surface area (Å²) in [6.07, 6.45) is 0.315. The number of carbonyl (C=O) groups excluding carboxylic acids is 7. The molecule has 0 aliphatic carbocycles. The van der Waals surface area contributed by atoms with E-state index in [1.807, 2.05) is 61.5 Å². The van der Waals surface area contributed by atoms with Crippen molar-refractivity contribution in [1.82, 2.24) is 10.6 Å². The van der Waals surface area contributed by atoms with E-state index >= 15 is 0 Å². The number of hydrogen-bond donors (Lipinski definition) is 10. The van der Waals surface area contributed by atoms with Gasteiger partial charge in [0, 0.05) is 131 Å². The van der Waals surface area contributed by atoms with E-state index in [9.17, 15) is 47.9 Å². The second-order valence-corrected chi connectivity index (χ2v) is 22.9. The van der Waals surface area contributed by atoms with Crippen molar-refractivity contribution in [1.29, 1.82) is 0 Å². The van der Waals surface area contributed by atoms with Crippen LogP contribution in [0.5, 0.6) is 0 Å². The van der Waals surface area contributed by atoms with E-state index in [0.717, 1.165) is 0 Å². The lowest BCUT2D eigenvalue weighted by Gasteiger charge is -2.48. The molecule has 1 saturated heterocycles. The Labute approximate surface area is 414 Å². The normalized spacial score (nSPS) is 33.1. The highest BCUT2D eigenvalue weighted by Gasteiger charge is 2.66. The first kappa shape index (κ1) is 56.3. The van der Waals surface area contributed by atoms with Crippen molar-refractivity contribution in [3.63, 3.8) is 0 Å². The van der Waals surface area contributed by atoms with E-state index in [1.54, 1.807) is 0 Å². The predicted molar refractivity (Wildman–Crippen MR) is 265 cm³/mol. The largest absolute Gasteiger partial charge is 0.469 e. The smallest absolute Gasteiger partial charge is 0.370 e. The van der Waals surface area contributed by atoms with Crippen LogP contribution >= 0.6 is 7.82 Å². The lowest BCUT2D eigenvalue weighted by atomic mass is 9.55. The average Bonchev–Trinajstić information content (AvgIpc) is 3.83. The van der Waals surface area contributed by atoms with E-state index in [-0.39, 0.29) is 77.2 Å². The number of nitrogens with one attached hydrogen (secondary N) is 2. The van der Waals surface area contributed by atoms with Gasteiger partial charge in [0.1, 0.15) is 0 Å². The maximum Gasteiger partial charge on any atom is 0.469 e. The molecular weight excluding hydrogens is 938 g/mol. The summed E-state index contributed by atoms with van der Waals surface area (Å²) in [5.74, 6) is -6.85. The molecule has 71 heavy (non-hydrogen) atoms. The number of nitrogens with two attached hydrogens (primary N) is 6. The highest BCUT2D eigenvalue weighted by molar-refractivity contribution is 7.46. The monoisotopic (exact) mass is 1010 g/mol. The number of fused-ring (bicyclic) bond motifs is 6. The Morgan fingerprint density at radius 1 is 0.761 bits per heavy atom. The van der Waals surface area contributed by atoms with Gasteiger partial charge in [-0.15, -0.1) is 0 Å². The van der Waals surface area contributed by atoms with E-state index in [0.29, 0.717) is 45.4 Å². The first-order valence-electron chi connectivity index (χ1n) is 24.0. The molecular formula is C48H74N11O11P. The molecule has 0 aromatic heterocycles. The summed E-state index contributed by atoms with van der Waals surface area (Å²) >= 11 is 0. The number of phosphoric acid groups is 1. The first-order chi connectivity index (χ1) is 32.6. The molecule has 1 fully saturated rings. The predicted octanol–water partition coefficient (Wildman–Crippen LogP) is 1.85. The molecule has 5 heterocycles. The molecule has 0 aromatic rings. The Kier molecular flexibility index (Phi) is 16.3. The molecule has 22 nitrogen and oxygen atoms in total. The van der Waals surface area contributed by atoms with Gasteiger partial charge in [-0.25, -0.2) is 4.57 Å². The molecule has 7 amide bonds. The second kappa shape index (κ2) is 20.5. The van der Waals surface area contributed by atoms with E-state index < -0.39 is 112 Å². The summed E-state index contributed by atoms with van der Waals surface area (Å²) in [6, 6.07) is -0.987. The minimum Gasteiger partial charge on any atom is -0.370 e. The summed E-state index contributed by atoms with van der Waals surface area (Å²) < 4.78 is 16.2. The van der Waals surface area contributed by atoms with Crippen LogP contribution in [0.15, 0.2) is 49.3 Å². The van der Waals surface area contributed by atoms with Gasteiger partial charge in [0.2, 0.25) is 41.4 Å². The number of hydrogen-bond acceptors (Lipinski definition) is 13. The number of aliphatic imine (C=N–C) groups is 3. The third-order valence-electron chi connectivity index (χ3n) is 16.4. The zero-order chi connectivity index (χ0) is 53.6. The maximum atomic E-state index is 13.7. The summed E-state index contributed by atoms with van der Waals surface area (Å²) in [7, 11) is -4.86. The van der Waals surface area contributed by atoms with Crippen LogP contribution in [0.25, 0.3) is 0 Å². The van der Waals surface area contributed by atoms with Gasteiger partial charge in [-0.3, -0.25) is 53.1 Å². The number of carbonyl (C=O) groups is 7. The van der Waals surface area contributed by atoms with Crippen LogP contribution in [0, 0.1) is 45.3 Å². The fourth-order valence-corrected chi connectivity index (χ4v) is 13.1. The zero-order valence-electron chi connectivity index (χ0n) is 42.3. The fraction of sp³-hybridized carbons (Fsp3) is 0.667. The molecule has 392 valence electrons. The third-order valence-corrected chi connectivity index (χ3v) is 17.0. The summed E-state index contributed by atoms with van der Waals surface area (Å²) in [5, 5.41) is 6.31. The second-order valence-electron chi connectivity index (χ2n) is 21.7. The third kappa shape index (κ3) is 11.2. The fourth-order valence-electron chi connectivity index (χ4n) is 12.6. The van der Waals surface area contributed by atoms with Gasteiger partial charge in [0.15, 0.2) is 0 Å². The Hall–Kier alpha value is -5.57. The number of primary amides is 6. The zero-order valence-corrected chi connectivity index (χ0v) is 43.2. The Morgan fingerprint density at radius 3 is 1.83 bits per heavy atom. The van der Waals surface area contributed by atoms with Crippen molar-refractivity contribution in [3.05, 3.63) is 34.3 Å². The summed E-state index contributed by atoms with van der Waals surface area (Å²) in [5.41, 5.74) is 34.2. The lowest BCUT2D eigenvalue weighted by Crippen LogP contribution is -2.56. The van der Waals surface area contributed by atoms with Crippen LogP contribution in [-0.4, -0.2) is 92.5 Å². The van der Waals surface area contributed by atoms with Crippen LogP contribution in [0.2, 0.25) is 0 Å². The summed E-state index contributed by atoms with van der Waals surface area (Å²) in [6.45, 7) is 16.2. The number of amides is 7. The molecule has 0 spiro atoms. The van der Waals surface area contributed by atoms with Crippen LogP contribution in [0.4, 0.5) is 0 Å². The molecule has 0 radical (unpaired) electrons. The molecule has 0 aromatic carbocycles. The average molecular weight is 1010 g/mol.